The van der Waals surface area contributed by atoms with Crippen molar-refractivity contribution in [3.8, 4) is 5.75 Å². The normalized spacial score (nSPS) is 11.4. The lowest BCUT2D eigenvalue weighted by Gasteiger charge is -2.12. The minimum absolute atomic E-state index is 0.0252. The van der Waals surface area contributed by atoms with E-state index >= 15 is 0 Å². The Hall–Kier alpha value is -0.530. The molecule has 0 saturated heterocycles. The van der Waals surface area contributed by atoms with Gasteiger partial charge in [-0.25, -0.2) is 8.42 Å². The van der Waals surface area contributed by atoms with E-state index in [-0.39, 0.29) is 22.3 Å². The highest BCUT2D eigenvalue weighted by atomic mass is 79.9. The van der Waals surface area contributed by atoms with Gasteiger partial charge in [0.15, 0.2) is 5.75 Å². The maximum absolute atomic E-state index is 11.6. The molecule has 4 nitrogen and oxygen atoms in total. The van der Waals surface area contributed by atoms with Gasteiger partial charge in [0.25, 0.3) is 9.05 Å². The second kappa shape index (κ2) is 6.71. The Morgan fingerprint density at radius 1 is 1.24 bits per heavy atom. The summed E-state index contributed by atoms with van der Waals surface area (Å²) in [6.45, 7) is 0.0299. The second-order valence-electron chi connectivity index (χ2n) is 3.91. The Balaban J connectivity index is 2.39. The molecule has 0 bridgehead atoms. The third-order valence-electron chi connectivity index (χ3n) is 2.47. The zero-order valence-corrected chi connectivity index (χ0v) is 14.9. The second-order valence-corrected chi connectivity index (χ2v) is 8.17. The molecule has 1 aromatic heterocycles. The fraction of sp³-hybridized carbons (Fsp3) is 0.0833. The molecule has 0 fully saturated rings. The zero-order valence-electron chi connectivity index (χ0n) is 10.2. The molecule has 0 spiro atoms. The predicted molar refractivity (Wildman–Crippen MR) is 85.8 cm³/mol. The first kappa shape index (κ1) is 16.8. The van der Waals surface area contributed by atoms with Gasteiger partial charge in [-0.15, -0.1) is 0 Å². The largest absolute Gasteiger partial charge is 0.486 e. The number of nitrogens with zero attached hydrogens (tertiary/aromatic N) is 1. The van der Waals surface area contributed by atoms with Crippen LogP contribution in [0.4, 0.5) is 0 Å². The molecule has 1 heterocycles. The van der Waals surface area contributed by atoms with Crippen LogP contribution in [-0.2, 0) is 15.7 Å². The van der Waals surface area contributed by atoms with E-state index in [2.05, 4.69) is 20.9 Å². The van der Waals surface area contributed by atoms with Crippen LogP contribution >= 0.6 is 49.8 Å². The Morgan fingerprint density at radius 2 is 1.95 bits per heavy atom. The molecule has 2 aromatic rings. The van der Waals surface area contributed by atoms with Crippen molar-refractivity contribution in [2.75, 3.05) is 0 Å². The van der Waals surface area contributed by atoms with E-state index in [9.17, 15) is 8.42 Å². The van der Waals surface area contributed by atoms with E-state index in [4.69, 9.17) is 38.6 Å². The monoisotopic (exact) mass is 429 g/mol. The number of ether oxygens (including phenoxy) is 1. The quantitative estimate of drug-likeness (QED) is 0.661. The number of benzene rings is 1. The van der Waals surface area contributed by atoms with Crippen LogP contribution in [0.2, 0.25) is 10.0 Å². The molecule has 0 radical (unpaired) electrons. The van der Waals surface area contributed by atoms with Crippen LogP contribution in [0.5, 0.6) is 5.75 Å². The number of aromatic nitrogens is 1. The van der Waals surface area contributed by atoms with E-state index in [0.717, 1.165) is 0 Å². The molecular formula is C12H7BrCl3NO3S. The number of rotatable bonds is 4. The van der Waals surface area contributed by atoms with Gasteiger partial charge in [-0.2, -0.15) is 0 Å². The summed E-state index contributed by atoms with van der Waals surface area (Å²) in [7, 11) is 1.39. The zero-order chi connectivity index (χ0) is 15.6. The average Bonchev–Trinajstić information content (AvgIpc) is 2.37. The van der Waals surface area contributed by atoms with Gasteiger partial charge in [0.1, 0.15) is 11.5 Å². The summed E-state index contributed by atoms with van der Waals surface area (Å²) in [5, 5.41) is 0.523. The van der Waals surface area contributed by atoms with Crippen molar-refractivity contribution in [3.63, 3.8) is 0 Å². The SMILES string of the molecule is O=S(=O)(Cl)c1cc(Br)cc(Cl)c1OCc1ccncc1Cl. The lowest BCUT2D eigenvalue weighted by atomic mass is 10.3. The summed E-state index contributed by atoms with van der Waals surface area (Å²) >= 11 is 15.1. The molecular weight excluding hydrogens is 424 g/mol. The molecule has 2 rings (SSSR count). The van der Waals surface area contributed by atoms with Gasteiger partial charge >= 0.3 is 0 Å². The van der Waals surface area contributed by atoms with Gasteiger partial charge in [0.05, 0.1) is 10.0 Å². The maximum Gasteiger partial charge on any atom is 0.265 e. The van der Waals surface area contributed by atoms with Gasteiger partial charge in [-0.05, 0) is 18.2 Å². The van der Waals surface area contributed by atoms with Crippen molar-refractivity contribution in [1.29, 1.82) is 0 Å². The van der Waals surface area contributed by atoms with Crippen LogP contribution < -0.4 is 4.74 Å². The molecule has 9 heteroatoms. The van der Waals surface area contributed by atoms with Crippen molar-refractivity contribution in [2.45, 2.75) is 11.5 Å². The molecule has 0 atom stereocenters. The predicted octanol–water partition coefficient (Wildman–Crippen LogP) is 4.66. The molecule has 0 saturated carbocycles. The Kier molecular flexibility index (Phi) is 5.38. The summed E-state index contributed by atoms with van der Waals surface area (Å²) in [5.74, 6) is -0.0252. The van der Waals surface area contributed by atoms with E-state index in [1.165, 1.54) is 18.3 Å². The highest BCUT2D eigenvalue weighted by Crippen LogP contribution is 2.37. The first-order valence-corrected chi connectivity index (χ1v) is 9.30. The van der Waals surface area contributed by atoms with Crippen molar-refractivity contribution in [3.05, 3.63) is 50.7 Å². The first-order valence-electron chi connectivity index (χ1n) is 5.44. The van der Waals surface area contributed by atoms with Crippen LogP contribution in [0.15, 0.2) is 40.0 Å². The molecule has 0 amide bonds. The summed E-state index contributed by atoms with van der Waals surface area (Å²) < 4.78 is 29.2. The summed E-state index contributed by atoms with van der Waals surface area (Å²) in [4.78, 5) is 3.63. The molecule has 0 aliphatic carbocycles. The molecule has 112 valence electrons. The molecule has 0 aliphatic rings. The van der Waals surface area contributed by atoms with E-state index in [1.807, 2.05) is 0 Å². The Morgan fingerprint density at radius 3 is 2.57 bits per heavy atom. The van der Waals surface area contributed by atoms with Gasteiger partial charge in [-0.3, -0.25) is 4.98 Å². The molecule has 1 aromatic carbocycles. The van der Waals surface area contributed by atoms with Crippen LogP contribution in [0.25, 0.3) is 0 Å². The molecule has 0 N–H and O–H groups in total. The van der Waals surface area contributed by atoms with Gasteiger partial charge < -0.3 is 4.74 Å². The fourth-order valence-electron chi connectivity index (χ4n) is 1.53. The third kappa shape index (κ3) is 4.23. The average molecular weight is 432 g/mol. The number of hydrogen-bond acceptors (Lipinski definition) is 4. The number of halogens is 4. The highest BCUT2D eigenvalue weighted by Gasteiger charge is 2.21. The maximum atomic E-state index is 11.6. The number of hydrogen-bond donors (Lipinski definition) is 0. The van der Waals surface area contributed by atoms with Crippen LogP contribution in [0.3, 0.4) is 0 Å². The van der Waals surface area contributed by atoms with Gasteiger partial charge in [0.2, 0.25) is 0 Å². The highest BCUT2D eigenvalue weighted by molar-refractivity contribution is 9.10. The Bertz CT molecular complexity index is 783. The minimum Gasteiger partial charge on any atom is -0.486 e. The van der Waals surface area contributed by atoms with E-state index < -0.39 is 9.05 Å². The van der Waals surface area contributed by atoms with E-state index in [1.54, 1.807) is 12.3 Å². The lowest BCUT2D eigenvalue weighted by Crippen LogP contribution is -2.02. The van der Waals surface area contributed by atoms with Crippen molar-refractivity contribution in [2.24, 2.45) is 0 Å². The summed E-state index contributed by atoms with van der Waals surface area (Å²) in [6.07, 6.45) is 3.01. The molecule has 21 heavy (non-hydrogen) atoms. The van der Waals surface area contributed by atoms with E-state index in [0.29, 0.717) is 15.1 Å². The van der Waals surface area contributed by atoms with Crippen LogP contribution in [-0.4, -0.2) is 13.4 Å². The van der Waals surface area contributed by atoms with Crippen LogP contribution in [0.1, 0.15) is 5.56 Å². The van der Waals surface area contributed by atoms with Crippen molar-refractivity contribution in [1.82, 2.24) is 4.98 Å². The first-order chi connectivity index (χ1) is 9.79. The molecule has 0 unspecified atom stereocenters. The minimum atomic E-state index is -4.01. The van der Waals surface area contributed by atoms with Gasteiger partial charge in [-0.1, -0.05) is 39.1 Å². The number of pyridine rings is 1. The molecule has 0 aliphatic heterocycles. The fourth-order valence-corrected chi connectivity index (χ4v) is 3.78. The van der Waals surface area contributed by atoms with Crippen LogP contribution in [0, 0.1) is 0 Å². The van der Waals surface area contributed by atoms with Crippen molar-refractivity contribution < 1.29 is 13.2 Å². The van der Waals surface area contributed by atoms with Crippen molar-refractivity contribution >= 4 is 58.9 Å². The Labute approximate surface area is 144 Å². The topological polar surface area (TPSA) is 56.3 Å². The standard InChI is InChI=1S/C12H7BrCl3NO3S/c13-8-3-9(14)12(11(4-8)21(16,18)19)20-6-7-1-2-17-5-10(7)15/h1-5H,6H2. The van der Waals surface area contributed by atoms with Gasteiger partial charge in [0, 0.05) is 33.1 Å². The lowest BCUT2D eigenvalue weighted by molar-refractivity contribution is 0.298. The summed E-state index contributed by atoms with van der Waals surface area (Å²) in [6, 6.07) is 4.48. The third-order valence-corrected chi connectivity index (χ3v) is 4.87. The smallest absolute Gasteiger partial charge is 0.265 e. The summed E-state index contributed by atoms with van der Waals surface area (Å²) in [5.41, 5.74) is 0.642.